The Morgan fingerprint density at radius 3 is 2.67 bits per heavy atom. The van der Waals surface area contributed by atoms with Crippen LogP contribution in [0.15, 0.2) is 55.0 Å². The molecule has 0 spiro atoms. The maximum atomic E-state index is 13.2. The van der Waals surface area contributed by atoms with E-state index in [2.05, 4.69) is 15.3 Å². The molecule has 0 saturated carbocycles. The normalized spacial score (nSPS) is 23.8. The van der Waals surface area contributed by atoms with E-state index in [1.807, 2.05) is 47.4 Å². The van der Waals surface area contributed by atoms with Crippen LogP contribution in [-0.2, 0) is 26.6 Å². The van der Waals surface area contributed by atoms with Crippen LogP contribution in [0, 0.1) is 0 Å². The number of benzene rings is 2. The van der Waals surface area contributed by atoms with Gasteiger partial charge in [0.05, 0.1) is 12.1 Å². The zero-order valence-electron chi connectivity index (χ0n) is 18.2. The lowest BCUT2D eigenvalue weighted by Crippen LogP contribution is -2.52. The van der Waals surface area contributed by atoms with E-state index >= 15 is 0 Å². The van der Waals surface area contributed by atoms with Crippen molar-refractivity contribution in [1.29, 1.82) is 0 Å². The SMILES string of the molecule is CC1(c2cccc3ccccc23)C(=O)NC(=O)N1CC(Cc1cnc[nH]1)N1CCS(=O)(=O)C1. The lowest BCUT2D eigenvalue weighted by Gasteiger charge is -2.37. The monoisotopic (exact) mass is 467 g/mol. The number of rotatable bonds is 6. The van der Waals surface area contributed by atoms with Crippen LogP contribution < -0.4 is 5.32 Å². The van der Waals surface area contributed by atoms with Gasteiger partial charge in [-0.15, -0.1) is 0 Å². The van der Waals surface area contributed by atoms with Gasteiger partial charge in [-0.3, -0.25) is 15.0 Å². The molecule has 2 aromatic carbocycles. The van der Waals surface area contributed by atoms with Crippen LogP contribution in [-0.4, -0.2) is 70.9 Å². The summed E-state index contributed by atoms with van der Waals surface area (Å²) in [5.74, 6) is -0.378. The molecule has 2 atom stereocenters. The molecular formula is C23H25N5O4S. The number of urea groups is 1. The van der Waals surface area contributed by atoms with E-state index in [1.54, 1.807) is 24.3 Å². The lowest BCUT2D eigenvalue weighted by atomic mass is 9.86. The number of fused-ring (bicyclic) bond motifs is 1. The van der Waals surface area contributed by atoms with Gasteiger partial charge in [-0.2, -0.15) is 0 Å². The van der Waals surface area contributed by atoms with Crippen LogP contribution in [0.2, 0.25) is 0 Å². The van der Waals surface area contributed by atoms with Gasteiger partial charge in [0.2, 0.25) is 0 Å². The molecular weight excluding hydrogens is 442 g/mol. The van der Waals surface area contributed by atoms with Gasteiger partial charge in [0.1, 0.15) is 11.4 Å². The molecule has 3 heterocycles. The molecule has 5 rings (SSSR count). The minimum absolute atomic E-state index is 0.0693. The first-order valence-electron chi connectivity index (χ1n) is 10.8. The van der Waals surface area contributed by atoms with Crippen molar-refractivity contribution in [3.05, 3.63) is 66.2 Å². The highest BCUT2D eigenvalue weighted by molar-refractivity contribution is 7.91. The Morgan fingerprint density at radius 1 is 1.15 bits per heavy atom. The number of carbonyl (C=O) groups is 2. The summed E-state index contributed by atoms with van der Waals surface area (Å²) in [6.07, 6.45) is 3.73. The second-order valence-corrected chi connectivity index (χ2v) is 10.9. The number of carbonyl (C=O) groups excluding carboxylic acids is 2. The van der Waals surface area contributed by atoms with Gasteiger partial charge in [-0.25, -0.2) is 18.2 Å². The van der Waals surface area contributed by atoms with Gasteiger partial charge in [0.15, 0.2) is 9.84 Å². The number of aromatic nitrogens is 2. The summed E-state index contributed by atoms with van der Waals surface area (Å²) in [6, 6.07) is 12.7. The maximum absolute atomic E-state index is 13.2. The summed E-state index contributed by atoms with van der Waals surface area (Å²) >= 11 is 0. The number of nitrogens with one attached hydrogen (secondary N) is 2. The minimum atomic E-state index is -3.17. The Morgan fingerprint density at radius 2 is 1.94 bits per heavy atom. The van der Waals surface area contributed by atoms with Gasteiger partial charge in [0, 0.05) is 37.4 Å². The van der Waals surface area contributed by atoms with Crippen LogP contribution in [0.4, 0.5) is 4.79 Å². The number of sulfone groups is 1. The van der Waals surface area contributed by atoms with E-state index in [0.29, 0.717) is 13.0 Å². The number of hydrogen-bond donors (Lipinski definition) is 2. The van der Waals surface area contributed by atoms with Crippen molar-refractivity contribution >= 4 is 32.5 Å². The third kappa shape index (κ3) is 3.79. The second-order valence-electron chi connectivity index (χ2n) is 8.79. The molecule has 9 nitrogen and oxygen atoms in total. The summed E-state index contributed by atoms with van der Waals surface area (Å²) in [6.45, 7) is 2.32. The molecule has 2 aliphatic rings. The number of hydrogen-bond acceptors (Lipinski definition) is 6. The minimum Gasteiger partial charge on any atom is -0.348 e. The summed E-state index contributed by atoms with van der Waals surface area (Å²) in [4.78, 5) is 36.7. The van der Waals surface area contributed by atoms with Gasteiger partial charge in [-0.1, -0.05) is 42.5 Å². The Labute approximate surface area is 191 Å². The largest absolute Gasteiger partial charge is 0.348 e. The summed E-state index contributed by atoms with van der Waals surface area (Å²) in [7, 11) is -3.17. The average Bonchev–Trinajstić information content (AvgIpc) is 3.48. The smallest absolute Gasteiger partial charge is 0.325 e. The quantitative estimate of drug-likeness (QED) is 0.533. The molecule has 2 saturated heterocycles. The van der Waals surface area contributed by atoms with Crippen molar-refractivity contribution in [1.82, 2.24) is 25.1 Å². The molecule has 2 aliphatic heterocycles. The fourth-order valence-electron chi connectivity index (χ4n) is 4.89. The van der Waals surface area contributed by atoms with E-state index < -0.39 is 27.3 Å². The first-order chi connectivity index (χ1) is 15.8. The topological polar surface area (TPSA) is 115 Å². The van der Waals surface area contributed by atoms with E-state index in [9.17, 15) is 18.0 Å². The van der Waals surface area contributed by atoms with Gasteiger partial charge in [-0.05, 0) is 23.3 Å². The Balaban J connectivity index is 1.54. The predicted molar refractivity (Wildman–Crippen MR) is 123 cm³/mol. The molecule has 10 heteroatoms. The molecule has 33 heavy (non-hydrogen) atoms. The van der Waals surface area contributed by atoms with E-state index in [4.69, 9.17) is 0 Å². The number of aromatic amines is 1. The van der Waals surface area contributed by atoms with Crippen molar-refractivity contribution in [3.63, 3.8) is 0 Å². The highest BCUT2D eigenvalue weighted by Crippen LogP contribution is 2.37. The molecule has 0 bridgehead atoms. The highest BCUT2D eigenvalue weighted by Gasteiger charge is 2.52. The molecule has 172 valence electrons. The van der Waals surface area contributed by atoms with Crippen molar-refractivity contribution in [2.75, 3.05) is 24.7 Å². The molecule has 0 radical (unpaired) electrons. The molecule has 1 aromatic heterocycles. The zero-order chi connectivity index (χ0) is 23.2. The highest BCUT2D eigenvalue weighted by atomic mass is 32.2. The maximum Gasteiger partial charge on any atom is 0.325 e. The number of amides is 3. The molecule has 3 aromatic rings. The molecule has 2 fully saturated rings. The number of imide groups is 1. The number of nitrogens with zero attached hydrogens (tertiary/aromatic N) is 3. The Kier molecular flexibility index (Phi) is 5.21. The van der Waals surface area contributed by atoms with Crippen LogP contribution in [0.1, 0.15) is 18.2 Å². The lowest BCUT2D eigenvalue weighted by molar-refractivity contribution is -0.126. The first-order valence-corrected chi connectivity index (χ1v) is 12.6. The van der Waals surface area contributed by atoms with Crippen molar-refractivity contribution in [2.24, 2.45) is 0 Å². The average molecular weight is 468 g/mol. The number of imidazole rings is 1. The van der Waals surface area contributed by atoms with Gasteiger partial charge >= 0.3 is 6.03 Å². The third-order valence-corrected chi connectivity index (χ3v) is 8.26. The van der Waals surface area contributed by atoms with Crippen LogP contribution in [0.5, 0.6) is 0 Å². The van der Waals surface area contributed by atoms with E-state index in [0.717, 1.165) is 22.0 Å². The Hall–Kier alpha value is -3.24. The summed E-state index contributed by atoms with van der Waals surface area (Å²) in [5, 5.41) is 4.35. The van der Waals surface area contributed by atoms with E-state index in [-0.39, 0.29) is 24.2 Å². The van der Waals surface area contributed by atoms with Crippen molar-refractivity contribution in [2.45, 2.75) is 24.9 Å². The zero-order valence-corrected chi connectivity index (χ0v) is 19.0. The standard InChI is InChI=1S/C23H25N5O4S/c1-23(20-8-4-6-16-5-2-3-7-19(16)20)21(29)26-22(30)28(23)13-18(11-17-12-24-14-25-17)27-9-10-33(31,32)15-27/h2-8,12,14,18H,9-11,13,15H2,1H3,(H,24,25)(H,26,29,30). The fourth-order valence-corrected chi connectivity index (χ4v) is 6.38. The van der Waals surface area contributed by atoms with E-state index in [1.165, 1.54) is 0 Å². The first kappa shape index (κ1) is 21.6. The molecule has 2 N–H and O–H groups in total. The van der Waals surface area contributed by atoms with Crippen LogP contribution >= 0.6 is 0 Å². The van der Waals surface area contributed by atoms with Crippen LogP contribution in [0.3, 0.4) is 0 Å². The summed E-state index contributed by atoms with van der Waals surface area (Å²) in [5.41, 5.74) is 0.336. The molecule has 3 amide bonds. The van der Waals surface area contributed by atoms with Crippen LogP contribution in [0.25, 0.3) is 10.8 Å². The Bertz CT molecular complexity index is 1320. The predicted octanol–water partition coefficient (Wildman–Crippen LogP) is 1.63. The summed E-state index contributed by atoms with van der Waals surface area (Å²) < 4.78 is 24.4. The van der Waals surface area contributed by atoms with Crippen molar-refractivity contribution in [3.8, 4) is 0 Å². The fraction of sp³-hybridized carbons (Fsp3) is 0.348. The van der Waals surface area contributed by atoms with Gasteiger partial charge < -0.3 is 9.88 Å². The molecule has 0 aliphatic carbocycles. The van der Waals surface area contributed by atoms with Crippen molar-refractivity contribution < 1.29 is 18.0 Å². The number of H-pyrrole nitrogens is 1. The molecule has 2 unspecified atom stereocenters. The second kappa shape index (κ2) is 7.96. The third-order valence-electron chi connectivity index (χ3n) is 6.73. The van der Waals surface area contributed by atoms with Gasteiger partial charge in [0.25, 0.3) is 5.91 Å².